The first-order valence-corrected chi connectivity index (χ1v) is 6.29. The van der Waals surface area contributed by atoms with Gasteiger partial charge in [-0.25, -0.2) is 8.78 Å². The maximum absolute atomic E-state index is 13.9. The first-order chi connectivity index (χ1) is 9.11. The van der Waals surface area contributed by atoms with Crippen molar-refractivity contribution in [3.8, 4) is 0 Å². The van der Waals surface area contributed by atoms with Gasteiger partial charge < -0.3 is 5.32 Å². The van der Waals surface area contributed by atoms with Crippen LogP contribution in [0.25, 0.3) is 0 Å². The van der Waals surface area contributed by atoms with Crippen LogP contribution in [0.4, 0.5) is 8.78 Å². The minimum atomic E-state index is -0.573. The summed E-state index contributed by atoms with van der Waals surface area (Å²) in [5.74, 6) is -1.13. The standard InChI is InChI=1S/C14H17F2N3/c1-3-7-17-14(13-6-8-19(2)18-13)11-5-4-10(15)9-12(11)16/h4-6,8-9,14,17H,3,7H2,1-2H3. The van der Waals surface area contributed by atoms with Gasteiger partial charge in [-0.1, -0.05) is 13.0 Å². The third kappa shape index (κ3) is 3.17. The highest BCUT2D eigenvalue weighted by atomic mass is 19.1. The Kier molecular flexibility index (Phi) is 4.27. The van der Waals surface area contributed by atoms with E-state index in [2.05, 4.69) is 10.4 Å². The van der Waals surface area contributed by atoms with Crippen molar-refractivity contribution in [1.82, 2.24) is 15.1 Å². The van der Waals surface area contributed by atoms with Crippen molar-refractivity contribution >= 4 is 0 Å². The molecule has 1 unspecified atom stereocenters. The number of rotatable bonds is 5. The van der Waals surface area contributed by atoms with Crippen molar-refractivity contribution < 1.29 is 8.78 Å². The maximum atomic E-state index is 13.9. The molecule has 1 aromatic heterocycles. The second kappa shape index (κ2) is 5.93. The molecule has 0 saturated heterocycles. The van der Waals surface area contributed by atoms with Gasteiger partial charge in [0.15, 0.2) is 0 Å². The quantitative estimate of drug-likeness (QED) is 0.901. The zero-order valence-electron chi connectivity index (χ0n) is 11.0. The summed E-state index contributed by atoms with van der Waals surface area (Å²) >= 11 is 0. The second-order valence-corrected chi connectivity index (χ2v) is 4.47. The average molecular weight is 265 g/mol. The molecule has 0 aliphatic carbocycles. The number of nitrogens with zero attached hydrogens (tertiary/aromatic N) is 2. The van der Waals surface area contributed by atoms with Gasteiger partial charge in [-0.15, -0.1) is 0 Å². The number of aryl methyl sites for hydroxylation is 1. The molecule has 0 aliphatic rings. The number of hydrogen-bond donors (Lipinski definition) is 1. The summed E-state index contributed by atoms with van der Waals surface area (Å²) in [5, 5.41) is 7.53. The van der Waals surface area contributed by atoms with Crippen LogP contribution in [0, 0.1) is 11.6 Å². The van der Waals surface area contributed by atoms with Crippen LogP contribution in [0.5, 0.6) is 0 Å². The Hall–Kier alpha value is -1.75. The first-order valence-electron chi connectivity index (χ1n) is 6.29. The first kappa shape index (κ1) is 13.7. The molecular weight excluding hydrogens is 248 g/mol. The Morgan fingerprint density at radius 1 is 1.32 bits per heavy atom. The third-order valence-corrected chi connectivity index (χ3v) is 2.90. The number of aromatic nitrogens is 2. The summed E-state index contributed by atoms with van der Waals surface area (Å²) in [7, 11) is 1.81. The molecule has 0 aliphatic heterocycles. The lowest BCUT2D eigenvalue weighted by Crippen LogP contribution is -2.24. The topological polar surface area (TPSA) is 29.9 Å². The van der Waals surface area contributed by atoms with E-state index in [1.807, 2.05) is 13.0 Å². The molecule has 0 saturated carbocycles. The van der Waals surface area contributed by atoms with Crippen LogP contribution >= 0.6 is 0 Å². The molecule has 1 atom stereocenters. The minimum Gasteiger partial charge on any atom is -0.305 e. The summed E-state index contributed by atoms with van der Waals surface area (Å²) in [6.07, 6.45) is 2.73. The normalized spacial score (nSPS) is 12.6. The van der Waals surface area contributed by atoms with Gasteiger partial charge in [0.1, 0.15) is 11.6 Å². The van der Waals surface area contributed by atoms with Gasteiger partial charge in [0.25, 0.3) is 0 Å². The molecule has 0 radical (unpaired) electrons. The largest absolute Gasteiger partial charge is 0.305 e. The number of hydrogen-bond acceptors (Lipinski definition) is 2. The maximum Gasteiger partial charge on any atom is 0.131 e. The molecule has 0 amide bonds. The van der Waals surface area contributed by atoms with Crippen molar-refractivity contribution in [2.75, 3.05) is 6.54 Å². The monoisotopic (exact) mass is 265 g/mol. The fraction of sp³-hybridized carbons (Fsp3) is 0.357. The SMILES string of the molecule is CCCNC(c1ccn(C)n1)c1ccc(F)cc1F. The smallest absolute Gasteiger partial charge is 0.131 e. The van der Waals surface area contributed by atoms with Crippen LogP contribution in [-0.4, -0.2) is 16.3 Å². The number of nitrogens with one attached hydrogen (secondary N) is 1. The van der Waals surface area contributed by atoms with Crippen LogP contribution in [0.1, 0.15) is 30.6 Å². The Balaban J connectivity index is 2.36. The van der Waals surface area contributed by atoms with E-state index in [4.69, 9.17) is 0 Å². The van der Waals surface area contributed by atoms with Crippen LogP contribution in [0.2, 0.25) is 0 Å². The molecule has 3 nitrogen and oxygen atoms in total. The molecule has 1 aromatic carbocycles. The van der Waals surface area contributed by atoms with Crippen molar-refractivity contribution in [2.24, 2.45) is 7.05 Å². The van der Waals surface area contributed by atoms with Gasteiger partial charge in [-0.2, -0.15) is 5.10 Å². The van der Waals surface area contributed by atoms with E-state index in [1.165, 1.54) is 12.1 Å². The van der Waals surface area contributed by atoms with Crippen molar-refractivity contribution in [3.05, 3.63) is 53.4 Å². The molecule has 1 N–H and O–H groups in total. The minimum absolute atomic E-state index is 0.359. The molecule has 5 heteroatoms. The summed E-state index contributed by atoms with van der Waals surface area (Å²) in [6.45, 7) is 2.77. The zero-order valence-corrected chi connectivity index (χ0v) is 11.0. The molecule has 0 fully saturated rings. The van der Waals surface area contributed by atoms with E-state index in [0.717, 1.165) is 24.7 Å². The van der Waals surface area contributed by atoms with Crippen LogP contribution < -0.4 is 5.32 Å². The summed E-state index contributed by atoms with van der Waals surface area (Å²) in [6, 6.07) is 5.10. The van der Waals surface area contributed by atoms with Crippen molar-refractivity contribution in [2.45, 2.75) is 19.4 Å². The Bertz CT molecular complexity index is 551. The van der Waals surface area contributed by atoms with E-state index in [1.54, 1.807) is 17.9 Å². The van der Waals surface area contributed by atoms with Gasteiger partial charge in [0.05, 0.1) is 11.7 Å². The molecule has 19 heavy (non-hydrogen) atoms. The summed E-state index contributed by atoms with van der Waals surface area (Å²) in [5.41, 5.74) is 1.13. The highest BCUT2D eigenvalue weighted by Crippen LogP contribution is 2.23. The lowest BCUT2D eigenvalue weighted by atomic mass is 10.0. The van der Waals surface area contributed by atoms with Crippen molar-refractivity contribution in [3.63, 3.8) is 0 Å². The van der Waals surface area contributed by atoms with Crippen molar-refractivity contribution in [1.29, 1.82) is 0 Å². The second-order valence-electron chi connectivity index (χ2n) is 4.47. The Labute approximate surface area is 111 Å². The van der Waals surface area contributed by atoms with E-state index >= 15 is 0 Å². The van der Waals surface area contributed by atoms with Gasteiger partial charge in [0.2, 0.25) is 0 Å². The van der Waals surface area contributed by atoms with Crippen LogP contribution in [0.15, 0.2) is 30.5 Å². The zero-order chi connectivity index (χ0) is 13.8. The van der Waals surface area contributed by atoms with E-state index in [0.29, 0.717) is 5.56 Å². The Morgan fingerprint density at radius 2 is 2.11 bits per heavy atom. The number of benzene rings is 1. The van der Waals surface area contributed by atoms with Gasteiger partial charge in [0, 0.05) is 24.9 Å². The predicted octanol–water partition coefficient (Wildman–Crippen LogP) is 2.79. The van der Waals surface area contributed by atoms with Crippen LogP contribution in [-0.2, 0) is 7.05 Å². The van der Waals surface area contributed by atoms with E-state index < -0.39 is 11.6 Å². The highest BCUT2D eigenvalue weighted by Gasteiger charge is 2.19. The fourth-order valence-corrected chi connectivity index (χ4v) is 1.99. The summed E-state index contributed by atoms with van der Waals surface area (Å²) < 4.78 is 28.6. The molecule has 0 bridgehead atoms. The molecule has 1 heterocycles. The fourth-order valence-electron chi connectivity index (χ4n) is 1.99. The van der Waals surface area contributed by atoms with Crippen LogP contribution in [0.3, 0.4) is 0 Å². The number of halogens is 2. The molecule has 2 rings (SSSR count). The summed E-state index contributed by atoms with van der Waals surface area (Å²) in [4.78, 5) is 0. The van der Waals surface area contributed by atoms with E-state index in [-0.39, 0.29) is 6.04 Å². The molecule has 102 valence electrons. The molecular formula is C14H17F2N3. The lowest BCUT2D eigenvalue weighted by Gasteiger charge is -2.17. The van der Waals surface area contributed by atoms with Gasteiger partial charge in [-0.3, -0.25) is 4.68 Å². The highest BCUT2D eigenvalue weighted by molar-refractivity contribution is 5.29. The third-order valence-electron chi connectivity index (χ3n) is 2.90. The predicted molar refractivity (Wildman–Crippen MR) is 69.7 cm³/mol. The molecule has 2 aromatic rings. The Morgan fingerprint density at radius 3 is 2.68 bits per heavy atom. The van der Waals surface area contributed by atoms with Gasteiger partial charge in [-0.05, 0) is 25.1 Å². The van der Waals surface area contributed by atoms with E-state index in [9.17, 15) is 8.78 Å². The molecule has 0 spiro atoms. The lowest BCUT2D eigenvalue weighted by molar-refractivity contribution is 0.523. The van der Waals surface area contributed by atoms with Gasteiger partial charge >= 0.3 is 0 Å². The average Bonchev–Trinajstić information content (AvgIpc) is 2.78.